The molecule has 3 aromatic rings. The van der Waals surface area contributed by atoms with Gasteiger partial charge in [0.25, 0.3) is 5.91 Å². The summed E-state index contributed by atoms with van der Waals surface area (Å²) in [4.78, 5) is 18.7. The number of oxazole rings is 1. The van der Waals surface area contributed by atoms with Crippen LogP contribution in [-0.4, -0.2) is 37.3 Å². The quantitative estimate of drug-likeness (QED) is 0.734. The van der Waals surface area contributed by atoms with Gasteiger partial charge < -0.3 is 9.32 Å². The third kappa shape index (κ3) is 2.52. The molecule has 126 valence electrons. The smallest absolute Gasteiger partial charge is 0.291 e. The third-order valence-corrected chi connectivity index (χ3v) is 4.75. The minimum Gasteiger partial charge on any atom is -0.435 e. The van der Waals surface area contributed by atoms with Crippen LogP contribution >= 0.6 is 0 Å². The summed E-state index contributed by atoms with van der Waals surface area (Å²) in [5.74, 6) is 1.29. The van der Waals surface area contributed by atoms with Crippen LogP contribution in [0.1, 0.15) is 46.6 Å². The van der Waals surface area contributed by atoms with Crippen LogP contribution in [0.3, 0.4) is 0 Å². The molecule has 0 saturated heterocycles. The number of para-hydroxylation sites is 1. The molecule has 0 radical (unpaired) electrons. The highest BCUT2D eigenvalue weighted by atomic mass is 16.4. The molecule has 7 nitrogen and oxygen atoms in total. The summed E-state index contributed by atoms with van der Waals surface area (Å²) in [6.45, 7) is 1.06. The Labute approximate surface area is 144 Å². The minimum absolute atomic E-state index is 0.126. The Balaban J connectivity index is 1.37. The average molecular weight is 335 g/mol. The van der Waals surface area contributed by atoms with Crippen LogP contribution in [0.15, 0.2) is 40.9 Å². The van der Waals surface area contributed by atoms with E-state index in [1.54, 1.807) is 11.1 Å². The van der Waals surface area contributed by atoms with E-state index in [1.165, 1.54) is 0 Å². The van der Waals surface area contributed by atoms with Crippen molar-refractivity contribution in [2.45, 2.75) is 31.7 Å². The molecular formula is C18H17N5O2. The fourth-order valence-corrected chi connectivity index (χ4v) is 3.22. The number of hydrogen-bond acceptors (Lipinski definition) is 5. The lowest BCUT2D eigenvalue weighted by molar-refractivity contribution is 0.0697. The molecule has 1 saturated carbocycles. The number of hydrogen-bond donors (Lipinski definition) is 0. The van der Waals surface area contributed by atoms with Gasteiger partial charge in [0.1, 0.15) is 5.69 Å². The number of fused-ring (bicyclic) bond motifs is 1. The van der Waals surface area contributed by atoms with Crippen molar-refractivity contribution >= 4 is 5.91 Å². The molecule has 1 fully saturated rings. The van der Waals surface area contributed by atoms with E-state index in [9.17, 15) is 4.79 Å². The average Bonchev–Trinajstić information content (AvgIpc) is 3.24. The first-order valence-corrected chi connectivity index (χ1v) is 8.53. The number of rotatable bonds is 3. The van der Waals surface area contributed by atoms with Crippen molar-refractivity contribution in [3.05, 3.63) is 59.6 Å². The van der Waals surface area contributed by atoms with Gasteiger partial charge in [-0.05, 0) is 25.0 Å². The molecule has 0 spiro atoms. The van der Waals surface area contributed by atoms with Crippen molar-refractivity contribution in [2.24, 2.45) is 0 Å². The summed E-state index contributed by atoms with van der Waals surface area (Å²) < 4.78 is 7.50. The molecule has 1 aliphatic carbocycles. The van der Waals surface area contributed by atoms with E-state index in [0.717, 1.165) is 29.9 Å². The zero-order valence-corrected chi connectivity index (χ0v) is 13.6. The molecule has 0 N–H and O–H groups in total. The van der Waals surface area contributed by atoms with Crippen molar-refractivity contribution in [1.29, 1.82) is 0 Å². The number of carbonyl (C=O) groups is 1. The molecule has 1 amide bonds. The van der Waals surface area contributed by atoms with Gasteiger partial charge in [-0.3, -0.25) is 4.79 Å². The SMILES string of the molecule is O=C(c1cnc(C2CC2)o1)N1CCc2c(nnn2-c2ccccc2)C1. The van der Waals surface area contributed by atoms with Crippen LogP contribution in [0.5, 0.6) is 0 Å². The van der Waals surface area contributed by atoms with Crippen molar-refractivity contribution < 1.29 is 9.21 Å². The highest BCUT2D eigenvalue weighted by molar-refractivity contribution is 5.91. The van der Waals surface area contributed by atoms with Crippen LogP contribution in [0.2, 0.25) is 0 Å². The van der Waals surface area contributed by atoms with Crippen LogP contribution in [-0.2, 0) is 13.0 Å². The Bertz CT molecular complexity index is 926. The lowest BCUT2D eigenvalue weighted by Crippen LogP contribution is -2.36. The molecule has 5 rings (SSSR count). The van der Waals surface area contributed by atoms with Gasteiger partial charge in [-0.25, -0.2) is 9.67 Å². The van der Waals surface area contributed by atoms with Crippen molar-refractivity contribution in [1.82, 2.24) is 24.9 Å². The monoisotopic (exact) mass is 335 g/mol. The van der Waals surface area contributed by atoms with Gasteiger partial charge in [-0.1, -0.05) is 23.4 Å². The van der Waals surface area contributed by atoms with Gasteiger partial charge in [0.2, 0.25) is 5.76 Å². The van der Waals surface area contributed by atoms with Crippen molar-refractivity contribution in [3.8, 4) is 5.69 Å². The number of carbonyl (C=O) groups excluding carboxylic acids is 1. The fraction of sp³-hybridized carbons (Fsp3) is 0.333. The molecule has 25 heavy (non-hydrogen) atoms. The van der Waals surface area contributed by atoms with Crippen molar-refractivity contribution in [2.75, 3.05) is 6.54 Å². The summed E-state index contributed by atoms with van der Waals surface area (Å²) in [7, 11) is 0. The molecule has 2 aromatic heterocycles. The Hall–Kier alpha value is -2.96. The second-order valence-corrected chi connectivity index (χ2v) is 6.54. The maximum Gasteiger partial charge on any atom is 0.291 e. The number of amides is 1. The van der Waals surface area contributed by atoms with E-state index in [0.29, 0.717) is 37.1 Å². The molecule has 2 aliphatic rings. The predicted molar refractivity (Wildman–Crippen MR) is 88.3 cm³/mol. The van der Waals surface area contributed by atoms with E-state index in [1.807, 2.05) is 35.0 Å². The molecule has 1 aliphatic heterocycles. The van der Waals surface area contributed by atoms with Crippen LogP contribution in [0, 0.1) is 0 Å². The Kier molecular flexibility index (Phi) is 3.19. The van der Waals surface area contributed by atoms with Gasteiger partial charge in [0.05, 0.1) is 24.1 Å². The maximum absolute atomic E-state index is 12.7. The van der Waals surface area contributed by atoms with Gasteiger partial charge in [0, 0.05) is 18.9 Å². The topological polar surface area (TPSA) is 77.1 Å². The fourth-order valence-electron chi connectivity index (χ4n) is 3.22. The normalized spacial score (nSPS) is 16.7. The summed E-state index contributed by atoms with van der Waals surface area (Å²) >= 11 is 0. The van der Waals surface area contributed by atoms with E-state index in [2.05, 4.69) is 15.3 Å². The molecule has 7 heteroatoms. The predicted octanol–water partition coefficient (Wildman–Crippen LogP) is 2.33. The zero-order chi connectivity index (χ0) is 16.8. The summed E-state index contributed by atoms with van der Waals surface area (Å²) in [6, 6.07) is 9.92. The minimum atomic E-state index is -0.126. The third-order valence-electron chi connectivity index (χ3n) is 4.75. The Morgan fingerprint density at radius 1 is 1.20 bits per heavy atom. The molecule has 0 atom stereocenters. The van der Waals surface area contributed by atoms with Gasteiger partial charge >= 0.3 is 0 Å². The molecule has 0 unspecified atom stereocenters. The Morgan fingerprint density at radius 3 is 2.84 bits per heavy atom. The summed E-state index contributed by atoms with van der Waals surface area (Å²) in [5, 5.41) is 8.54. The van der Waals surface area contributed by atoms with Crippen molar-refractivity contribution in [3.63, 3.8) is 0 Å². The van der Waals surface area contributed by atoms with Crippen LogP contribution in [0.4, 0.5) is 0 Å². The molecule has 0 bridgehead atoms. The lowest BCUT2D eigenvalue weighted by atomic mass is 10.1. The van der Waals surface area contributed by atoms with E-state index in [4.69, 9.17) is 4.42 Å². The summed E-state index contributed by atoms with van der Waals surface area (Å²) in [5.41, 5.74) is 2.89. The van der Waals surface area contributed by atoms with Gasteiger partial charge in [0.15, 0.2) is 5.89 Å². The Morgan fingerprint density at radius 2 is 2.04 bits per heavy atom. The van der Waals surface area contributed by atoms with E-state index in [-0.39, 0.29) is 5.91 Å². The number of aromatic nitrogens is 4. The lowest BCUT2D eigenvalue weighted by Gasteiger charge is -2.25. The zero-order valence-electron chi connectivity index (χ0n) is 13.6. The highest BCUT2D eigenvalue weighted by Crippen LogP contribution is 2.39. The second-order valence-electron chi connectivity index (χ2n) is 6.54. The molecule has 3 heterocycles. The highest BCUT2D eigenvalue weighted by Gasteiger charge is 2.32. The molecule has 1 aromatic carbocycles. The first kappa shape index (κ1) is 14.4. The maximum atomic E-state index is 12.7. The van der Waals surface area contributed by atoms with E-state index >= 15 is 0 Å². The van der Waals surface area contributed by atoms with Crippen LogP contribution in [0.25, 0.3) is 5.69 Å². The largest absolute Gasteiger partial charge is 0.435 e. The molecular weight excluding hydrogens is 318 g/mol. The first-order chi connectivity index (χ1) is 12.3. The standard InChI is InChI=1S/C18H17N5O2/c24-18(16-10-19-17(25-16)12-6-7-12)22-9-8-15-14(11-22)20-21-23(15)13-4-2-1-3-5-13/h1-5,10,12H,6-9,11H2. The second kappa shape index (κ2) is 5.54. The van der Waals surface area contributed by atoms with Crippen LogP contribution < -0.4 is 0 Å². The first-order valence-electron chi connectivity index (χ1n) is 8.53. The van der Waals surface area contributed by atoms with Gasteiger partial charge in [-0.15, -0.1) is 5.10 Å². The number of benzene rings is 1. The van der Waals surface area contributed by atoms with Gasteiger partial charge in [-0.2, -0.15) is 0 Å². The van der Waals surface area contributed by atoms with E-state index < -0.39 is 0 Å². The number of nitrogens with zero attached hydrogens (tertiary/aromatic N) is 5. The summed E-state index contributed by atoms with van der Waals surface area (Å²) in [6.07, 6.45) is 4.46.